The van der Waals surface area contributed by atoms with Crippen LogP contribution in [-0.2, 0) is 0 Å². The molecule has 2 aromatic rings. The number of benzene rings is 1. The van der Waals surface area contributed by atoms with Crippen LogP contribution < -0.4 is 4.90 Å². The van der Waals surface area contributed by atoms with Crippen LogP contribution in [0.4, 0.5) is 5.69 Å². The summed E-state index contributed by atoms with van der Waals surface area (Å²) >= 11 is 0. The Hall–Kier alpha value is -2.63. The van der Waals surface area contributed by atoms with Gasteiger partial charge < -0.3 is 14.5 Å². The quantitative estimate of drug-likeness (QED) is 0.890. The zero-order valence-electron chi connectivity index (χ0n) is 9.53. The number of anilines is 1. The van der Waals surface area contributed by atoms with E-state index in [1.54, 1.807) is 18.2 Å². The lowest BCUT2D eigenvalue weighted by atomic mass is 10.1. The number of amides is 1. The minimum Gasteiger partial charge on any atom is -0.478 e. The summed E-state index contributed by atoms with van der Waals surface area (Å²) < 4.78 is 4.75. The standard InChI is InChI=1S/C12H10N2O4/c1-14(11(15)10-6-7-13-18-10)9-5-3-2-4-8(9)12(16)17/h2-7H,1H3,(H,16,17). The van der Waals surface area contributed by atoms with Gasteiger partial charge in [0, 0.05) is 13.1 Å². The fourth-order valence-corrected chi connectivity index (χ4v) is 1.55. The average Bonchev–Trinajstić information content (AvgIpc) is 2.90. The van der Waals surface area contributed by atoms with Crippen molar-refractivity contribution < 1.29 is 19.2 Å². The highest BCUT2D eigenvalue weighted by Crippen LogP contribution is 2.20. The fraction of sp³-hybridized carbons (Fsp3) is 0.0833. The van der Waals surface area contributed by atoms with Crippen molar-refractivity contribution in [1.29, 1.82) is 0 Å². The summed E-state index contributed by atoms with van der Waals surface area (Å²) in [6.07, 6.45) is 1.35. The van der Waals surface area contributed by atoms with E-state index < -0.39 is 11.9 Å². The van der Waals surface area contributed by atoms with Crippen molar-refractivity contribution in [3.63, 3.8) is 0 Å². The van der Waals surface area contributed by atoms with Crippen molar-refractivity contribution in [3.05, 3.63) is 47.9 Å². The number of aromatic carboxylic acids is 1. The van der Waals surface area contributed by atoms with Gasteiger partial charge in [0.05, 0.1) is 17.4 Å². The molecule has 0 atom stereocenters. The van der Waals surface area contributed by atoms with Gasteiger partial charge in [-0.1, -0.05) is 17.3 Å². The van der Waals surface area contributed by atoms with E-state index in [9.17, 15) is 9.59 Å². The normalized spacial score (nSPS) is 10.1. The molecular weight excluding hydrogens is 236 g/mol. The summed E-state index contributed by atoms with van der Waals surface area (Å²) in [4.78, 5) is 24.3. The second kappa shape index (κ2) is 4.70. The molecule has 0 aliphatic carbocycles. The molecule has 0 radical (unpaired) electrons. The van der Waals surface area contributed by atoms with Gasteiger partial charge >= 0.3 is 5.97 Å². The van der Waals surface area contributed by atoms with Gasteiger partial charge in [0.1, 0.15) is 0 Å². The van der Waals surface area contributed by atoms with Crippen molar-refractivity contribution in [2.45, 2.75) is 0 Å². The van der Waals surface area contributed by atoms with Crippen LogP contribution in [0.25, 0.3) is 0 Å². The molecule has 1 aromatic heterocycles. The Morgan fingerprint density at radius 1 is 1.28 bits per heavy atom. The minimum absolute atomic E-state index is 0.0489. The average molecular weight is 246 g/mol. The lowest BCUT2D eigenvalue weighted by Gasteiger charge is -2.17. The van der Waals surface area contributed by atoms with Crippen LogP contribution in [0.1, 0.15) is 20.9 Å². The number of nitrogens with zero attached hydrogens (tertiary/aromatic N) is 2. The molecule has 6 nitrogen and oxygen atoms in total. The lowest BCUT2D eigenvalue weighted by molar-refractivity contribution is 0.0697. The molecule has 0 spiro atoms. The smallest absolute Gasteiger partial charge is 0.337 e. The third kappa shape index (κ3) is 2.08. The maximum atomic E-state index is 12.0. The molecule has 0 aliphatic rings. The van der Waals surface area contributed by atoms with Crippen LogP contribution in [-0.4, -0.2) is 29.2 Å². The molecule has 0 fully saturated rings. The van der Waals surface area contributed by atoms with E-state index in [2.05, 4.69) is 5.16 Å². The van der Waals surface area contributed by atoms with Crippen LogP contribution in [0, 0.1) is 0 Å². The lowest BCUT2D eigenvalue weighted by Crippen LogP contribution is -2.27. The summed E-state index contributed by atoms with van der Waals surface area (Å²) in [7, 11) is 1.48. The number of carboxylic acids is 1. The largest absolute Gasteiger partial charge is 0.478 e. The van der Waals surface area contributed by atoms with Crippen LogP contribution in [0.2, 0.25) is 0 Å². The number of para-hydroxylation sites is 1. The molecule has 1 N–H and O–H groups in total. The minimum atomic E-state index is -1.09. The van der Waals surface area contributed by atoms with Gasteiger partial charge in [-0.2, -0.15) is 0 Å². The Labute approximate surface area is 102 Å². The van der Waals surface area contributed by atoms with E-state index in [1.165, 1.54) is 30.3 Å². The van der Waals surface area contributed by atoms with Crippen LogP contribution in [0.3, 0.4) is 0 Å². The van der Waals surface area contributed by atoms with Crippen molar-refractivity contribution in [2.75, 3.05) is 11.9 Å². The first kappa shape index (κ1) is 11.8. The Morgan fingerprint density at radius 2 is 2.00 bits per heavy atom. The SMILES string of the molecule is CN(C(=O)c1ccno1)c1ccccc1C(=O)O. The number of rotatable bonds is 3. The number of carboxylic acid groups (broad SMARTS) is 1. The summed E-state index contributed by atoms with van der Waals surface area (Å²) in [5, 5.41) is 12.5. The van der Waals surface area contributed by atoms with Crippen LogP contribution in [0.5, 0.6) is 0 Å². The Morgan fingerprint density at radius 3 is 2.61 bits per heavy atom. The van der Waals surface area contributed by atoms with E-state index in [4.69, 9.17) is 9.63 Å². The molecule has 1 heterocycles. The summed E-state index contributed by atoms with van der Waals surface area (Å²) in [6, 6.07) is 7.66. The van der Waals surface area contributed by atoms with E-state index in [-0.39, 0.29) is 11.3 Å². The number of hydrogen-bond acceptors (Lipinski definition) is 4. The molecule has 0 bridgehead atoms. The highest BCUT2D eigenvalue weighted by Gasteiger charge is 2.21. The first-order chi connectivity index (χ1) is 8.61. The number of carbonyl (C=O) groups is 2. The predicted molar refractivity (Wildman–Crippen MR) is 62.6 cm³/mol. The van der Waals surface area contributed by atoms with E-state index >= 15 is 0 Å². The molecule has 6 heteroatoms. The van der Waals surface area contributed by atoms with Crippen LogP contribution in [0.15, 0.2) is 41.1 Å². The molecule has 2 rings (SSSR count). The van der Waals surface area contributed by atoms with E-state index in [0.717, 1.165) is 0 Å². The second-order valence-corrected chi connectivity index (χ2v) is 3.56. The molecular formula is C12H10N2O4. The van der Waals surface area contributed by atoms with Gasteiger partial charge in [-0.05, 0) is 12.1 Å². The van der Waals surface area contributed by atoms with Gasteiger partial charge in [-0.15, -0.1) is 0 Å². The number of hydrogen-bond donors (Lipinski definition) is 1. The zero-order valence-corrected chi connectivity index (χ0v) is 9.53. The van der Waals surface area contributed by atoms with Crippen molar-refractivity contribution in [2.24, 2.45) is 0 Å². The predicted octanol–water partition coefficient (Wildman–Crippen LogP) is 1.65. The third-order valence-corrected chi connectivity index (χ3v) is 2.45. The summed E-state index contributed by atoms with van der Waals surface area (Å²) in [5.74, 6) is -1.50. The molecule has 92 valence electrons. The third-order valence-electron chi connectivity index (χ3n) is 2.45. The molecule has 18 heavy (non-hydrogen) atoms. The monoisotopic (exact) mass is 246 g/mol. The molecule has 0 unspecified atom stereocenters. The number of aromatic nitrogens is 1. The van der Waals surface area contributed by atoms with E-state index in [1.807, 2.05) is 0 Å². The number of carbonyl (C=O) groups excluding carboxylic acids is 1. The van der Waals surface area contributed by atoms with E-state index in [0.29, 0.717) is 5.69 Å². The van der Waals surface area contributed by atoms with Gasteiger partial charge in [0.25, 0.3) is 5.91 Å². The Bertz CT molecular complexity index is 578. The maximum Gasteiger partial charge on any atom is 0.337 e. The zero-order chi connectivity index (χ0) is 13.1. The fourth-order valence-electron chi connectivity index (χ4n) is 1.55. The Kier molecular flexibility index (Phi) is 3.09. The van der Waals surface area contributed by atoms with Crippen molar-refractivity contribution in [3.8, 4) is 0 Å². The summed E-state index contributed by atoms with van der Waals surface area (Å²) in [6.45, 7) is 0. The van der Waals surface area contributed by atoms with Crippen LogP contribution >= 0.6 is 0 Å². The first-order valence-corrected chi connectivity index (χ1v) is 5.12. The second-order valence-electron chi connectivity index (χ2n) is 3.56. The topological polar surface area (TPSA) is 83.6 Å². The van der Waals surface area contributed by atoms with Crippen molar-refractivity contribution >= 4 is 17.6 Å². The molecule has 0 saturated heterocycles. The highest BCUT2D eigenvalue weighted by atomic mass is 16.5. The molecule has 0 saturated carbocycles. The molecule has 0 aliphatic heterocycles. The molecule has 1 aromatic carbocycles. The summed E-state index contributed by atoms with van der Waals surface area (Å²) in [5.41, 5.74) is 0.347. The van der Waals surface area contributed by atoms with Gasteiger partial charge in [-0.25, -0.2) is 4.79 Å². The van der Waals surface area contributed by atoms with Crippen molar-refractivity contribution in [1.82, 2.24) is 5.16 Å². The van der Waals surface area contributed by atoms with Gasteiger partial charge in [-0.3, -0.25) is 4.79 Å². The highest BCUT2D eigenvalue weighted by molar-refractivity contribution is 6.07. The van der Waals surface area contributed by atoms with Gasteiger partial charge in [0.15, 0.2) is 0 Å². The van der Waals surface area contributed by atoms with Gasteiger partial charge in [0.2, 0.25) is 5.76 Å². The molecule has 1 amide bonds. The first-order valence-electron chi connectivity index (χ1n) is 5.12. The maximum absolute atomic E-state index is 12.0. The Balaban J connectivity index is 2.37.